The van der Waals surface area contributed by atoms with Gasteiger partial charge in [0.15, 0.2) is 0 Å². The number of nitrogens with zero attached hydrogens (tertiary/aromatic N) is 3. The van der Waals surface area contributed by atoms with Gasteiger partial charge in [-0.05, 0) is 46.3 Å². The zero-order valence-electron chi connectivity index (χ0n) is 16.1. The molecule has 1 N–H and O–H groups in total. The van der Waals surface area contributed by atoms with Gasteiger partial charge in [-0.2, -0.15) is 0 Å². The third-order valence-corrected chi connectivity index (χ3v) is 6.93. The molecular formula is C19H28N4O2S. The third kappa shape index (κ3) is 3.55. The Bertz CT molecular complexity index is 862. The summed E-state index contributed by atoms with van der Waals surface area (Å²) < 4.78 is 1.42. The molecule has 0 aliphatic heterocycles. The monoisotopic (exact) mass is 376 g/mol. The molecular weight excluding hydrogens is 348 g/mol. The summed E-state index contributed by atoms with van der Waals surface area (Å²) in [6.45, 7) is 4.56. The van der Waals surface area contributed by atoms with E-state index in [-0.39, 0.29) is 23.6 Å². The van der Waals surface area contributed by atoms with E-state index < -0.39 is 0 Å². The molecule has 1 fully saturated rings. The van der Waals surface area contributed by atoms with Crippen LogP contribution in [0.1, 0.15) is 42.5 Å². The molecule has 0 aromatic carbocycles. The lowest BCUT2D eigenvalue weighted by atomic mass is 9.80. The van der Waals surface area contributed by atoms with Crippen molar-refractivity contribution in [1.29, 1.82) is 0 Å². The van der Waals surface area contributed by atoms with Crippen LogP contribution in [0.3, 0.4) is 0 Å². The Morgan fingerprint density at radius 2 is 2.00 bits per heavy atom. The van der Waals surface area contributed by atoms with E-state index in [0.29, 0.717) is 11.9 Å². The Morgan fingerprint density at radius 3 is 2.65 bits per heavy atom. The fraction of sp³-hybridized carbons (Fsp3) is 0.632. The number of aromatic nitrogens is 2. The summed E-state index contributed by atoms with van der Waals surface area (Å²) in [6.07, 6.45) is 7.35. The first-order chi connectivity index (χ1) is 12.3. The fourth-order valence-corrected chi connectivity index (χ4v) is 4.84. The molecule has 1 aliphatic carbocycles. The van der Waals surface area contributed by atoms with Gasteiger partial charge in [-0.3, -0.25) is 14.2 Å². The Hall–Kier alpha value is -1.73. The van der Waals surface area contributed by atoms with Crippen molar-refractivity contribution in [3.63, 3.8) is 0 Å². The Balaban J connectivity index is 1.72. The highest BCUT2D eigenvalue weighted by Gasteiger charge is 2.34. The van der Waals surface area contributed by atoms with E-state index >= 15 is 0 Å². The van der Waals surface area contributed by atoms with Crippen LogP contribution < -0.4 is 10.9 Å². The van der Waals surface area contributed by atoms with Crippen molar-refractivity contribution < 1.29 is 4.79 Å². The molecule has 26 heavy (non-hydrogen) atoms. The van der Waals surface area contributed by atoms with Gasteiger partial charge in [-0.1, -0.05) is 19.3 Å². The van der Waals surface area contributed by atoms with E-state index in [1.165, 1.54) is 41.5 Å². The zero-order valence-corrected chi connectivity index (χ0v) is 16.9. The fourth-order valence-electron chi connectivity index (χ4n) is 3.85. The zero-order chi connectivity index (χ0) is 18.9. The minimum atomic E-state index is -0.135. The molecule has 0 spiro atoms. The van der Waals surface area contributed by atoms with Crippen molar-refractivity contribution in [2.45, 2.75) is 58.0 Å². The predicted molar refractivity (Wildman–Crippen MR) is 106 cm³/mol. The van der Waals surface area contributed by atoms with Crippen LogP contribution in [-0.2, 0) is 11.3 Å². The van der Waals surface area contributed by atoms with Gasteiger partial charge in [0, 0.05) is 17.0 Å². The maximum Gasteiger partial charge on any atom is 0.262 e. The van der Waals surface area contributed by atoms with E-state index in [9.17, 15) is 9.59 Å². The van der Waals surface area contributed by atoms with Crippen LogP contribution >= 0.6 is 11.3 Å². The number of hydrogen-bond acceptors (Lipinski definition) is 5. The lowest BCUT2D eigenvalue weighted by Crippen LogP contribution is -2.54. The summed E-state index contributed by atoms with van der Waals surface area (Å²) >= 11 is 1.52. The van der Waals surface area contributed by atoms with Crippen molar-refractivity contribution in [2.75, 3.05) is 20.6 Å². The van der Waals surface area contributed by atoms with E-state index in [2.05, 4.69) is 29.3 Å². The van der Waals surface area contributed by atoms with E-state index in [4.69, 9.17) is 0 Å². The average molecular weight is 377 g/mol. The van der Waals surface area contributed by atoms with Crippen LogP contribution in [0.25, 0.3) is 10.2 Å². The number of thiophene rings is 1. The highest BCUT2D eigenvalue weighted by atomic mass is 32.1. The number of aryl methyl sites for hydroxylation is 2. The highest BCUT2D eigenvalue weighted by molar-refractivity contribution is 7.18. The summed E-state index contributed by atoms with van der Waals surface area (Å²) in [5.41, 5.74) is 0.861. The minimum absolute atomic E-state index is 0.0135. The van der Waals surface area contributed by atoms with Gasteiger partial charge in [0.1, 0.15) is 11.4 Å². The van der Waals surface area contributed by atoms with Gasteiger partial charge >= 0.3 is 0 Å². The molecule has 1 amide bonds. The van der Waals surface area contributed by atoms with E-state index in [1.54, 1.807) is 0 Å². The maximum absolute atomic E-state index is 12.7. The maximum atomic E-state index is 12.7. The number of carbonyl (C=O) groups excluding carboxylic acids is 1. The Kier molecular flexibility index (Phi) is 5.48. The van der Waals surface area contributed by atoms with Gasteiger partial charge in [0.25, 0.3) is 5.56 Å². The lowest BCUT2D eigenvalue weighted by Gasteiger charge is -2.43. The first-order valence-corrected chi connectivity index (χ1v) is 10.0. The van der Waals surface area contributed by atoms with Gasteiger partial charge in [0.05, 0.1) is 11.7 Å². The number of likely N-dealkylation sites (N-methyl/N-ethyl adjacent to an activating group) is 1. The highest BCUT2D eigenvalue weighted by Crippen LogP contribution is 2.31. The second-order valence-corrected chi connectivity index (χ2v) is 8.80. The summed E-state index contributed by atoms with van der Waals surface area (Å²) in [4.78, 5) is 33.6. The number of amides is 1. The summed E-state index contributed by atoms with van der Waals surface area (Å²) in [5, 5.41) is 3.69. The molecule has 7 heteroatoms. The normalized spacial score (nSPS) is 17.0. The molecule has 142 valence electrons. The first kappa shape index (κ1) is 19.0. The number of hydrogen-bond donors (Lipinski definition) is 1. The molecule has 2 heterocycles. The SMILES string of the molecule is Cc1sc2ncn(CC(=O)NCC3(N(C)C)CCCCC3)c(=O)c2c1C. The molecule has 0 unspecified atom stereocenters. The van der Waals surface area contributed by atoms with Crippen LogP contribution in [0.4, 0.5) is 0 Å². The van der Waals surface area contributed by atoms with Gasteiger partial charge in [-0.15, -0.1) is 11.3 Å². The van der Waals surface area contributed by atoms with Gasteiger partial charge in [0.2, 0.25) is 5.91 Å². The van der Waals surface area contributed by atoms with E-state index in [0.717, 1.165) is 28.1 Å². The second kappa shape index (κ2) is 7.48. The molecule has 1 saturated carbocycles. The minimum Gasteiger partial charge on any atom is -0.353 e. The van der Waals surface area contributed by atoms with Crippen LogP contribution in [-0.4, -0.2) is 46.5 Å². The molecule has 2 aromatic rings. The molecule has 0 bridgehead atoms. The Labute approximate surface area is 158 Å². The number of carbonyl (C=O) groups is 1. The molecule has 6 nitrogen and oxygen atoms in total. The number of fused-ring (bicyclic) bond motifs is 1. The van der Waals surface area contributed by atoms with Crippen LogP contribution in [0.15, 0.2) is 11.1 Å². The smallest absolute Gasteiger partial charge is 0.262 e. The quantitative estimate of drug-likeness (QED) is 0.870. The largest absolute Gasteiger partial charge is 0.353 e. The second-order valence-electron chi connectivity index (χ2n) is 7.60. The lowest BCUT2D eigenvalue weighted by molar-refractivity contribution is -0.122. The van der Waals surface area contributed by atoms with Crippen molar-refractivity contribution >= 4 is 27.5 Å². The van der Waals surface area contributed by atoms with Gasteiger partial charge in [-0.25, -0.2) is 4.98 Å². The van der Waals surface area contributed by atoms with Crippen LogP contribution in [0.5, 0.6) is 0 Å². The van der Waals surface area contributed by atoms with Gasteiger partial charge < -0.3 is 10.2 Å². The standard InChI is InChI=1S/C19H28N4O2S/c1-13-14(2)26-17-16(13)18(25)23(12-21-17)10-15(24)20-11-19(22(3)4)8-6-5-7-9-19/h12H,5-11H2,1-4H3,(H,20,24). The third-order valence-electron chi connectivity index (χ3n) is 5.82. The van der Waals surface area contributed by atoms with Crippen molar-refractivity contribution in [3.8, 4) is 0 Å². The molecule has 1 aliphatic rings. The van der Waals surface area contributed by atoms with E-state index in [1.807, 2.05) is 13.8 Å². The molecule has 3 rings (SSSR count). The first-order valence-electron chi connectivity index (χ1n) is 9.23. The molecule has 0 saturated heterocycles. The summed E-state index contributed by atoms with van der Waals surface area (Å²) in [5.74, 6) is -0.135. The molecule has 0 atom stereocenters. The van der Waals surface area contributed by atoms with Crippen molar-refractivity contribution in [1.82, 2.24) is 19.8 Å². The predicted octanol–water partition coefficient (Wildman–Crippen LogP) is 2.46. The molecule has 0 radical (unpaired) electrons. The van der Waals surface area contributed by atoms with Crippen molar-refractivity contribution in [3.05, 3.63) is 27.1 Å². The van der Waals surface area contributed by atoms with Crippen LogP contribution in [0, 0.1) is 13.8 Å². The number of rotatable bonds is 5. The summed E-state index contributed by atoms with van der Waals surface area (Å²) in [6, 6.07) is 0. The topological polar surface area (TPSA) is 67.2 Å². The average Bonchev–Trinajstić information content (AvgIpc) is 2.91. The Morgan fingerprint density at radius 1 is 1.31 bits per heavy atom. The molecule has 2 aromatic heterocycles. The number of nitrogens with one attached hydrogen (secondary N) is 1. The van der Waals surface area contributed by atoms with Crippen LogP contribution in [0.2, 0.25) is 0 Å². The van der Waals surface area contributed by atoms with Crippen molar-refractivity contribution in [2.24, 2.45) is 0 Å². The summed E-state index contributed by atoms with van der Waals surface area (Å²) in [7, 11) is 4.17.